The maximum Gasteiger partial charge on any atom is 0.256 e. The van der Waals surface area contributed by atoms with Gasteiger partial charge in [-0.3, -0.25) is 4.79 Å². The Morgan fingerprint density at radius 1 is 1.30 bits per heavy atom. The Morgan fingerprint density at radius 2 is 2.11 bits per heavy atom. The summed E-state index contributed by atoms with van der Waals surface area (Å²) in [5.41, 5.74) is 1.19. The monoisotopic (exact) mass is 430 g/mol. The number of ether oxygens (including phenoxy) is 2. The number of nitrogens with zero attached hydrogens (tertiary/aromatic N) is 3. The number of nitrogens with one attached hydrogen (secondary N) is 1. The summed E-state index contributed by atoms with van der Waals surface area (Å²) in [4.78, 5) is 17.1. The van der Waals surface area contributed by atoms with Crippen molar-refractivity contribution in [2.45, 2.75) is 13.8 Å². The lowest BCUT2D eigenvalue weighted by Gasteiger charge is -2.13. The summed E-state index contributed by atoms with van der Waals surface area (Å²) in [6, 6.07) is 10.6. The van der Waals surface area contributed by atoms with E-state index in [1.165, 1.54) is 7.11 Å². The SMILES string of the molecule is CCOc1c(Br)cc(C(=O)Nc2cc(C)nn2-c2ccccn2)cc1OC. The third kappa shape index (κ3) is 4.11. The normalized spacial score (nSPS) is 10.5. The molecule has 8 heteroatoms. The molecular weight excluding hydrogens is 412 g/mol. The fourth-order valence-electron chi connectivity index (χ4n) is 2.57. The van der Waals surface area contributed by atoms with Gasteiger partial charge in [-0.1, -0.05) is 6.07 Å². The van der Waals surface area contributed by atoms with Gasteiger partial charge < -0.3 is 14.8 Å². The van der Waals surface area contributed by atoms with Crippen molar-refractivity contribution in [2.24, 2.45) is 0 Å². The summed E-state index contributed by atoms with van der Waals surface area (Å²) in [5, 5.41) is 7.28. The van der Waals surface area contributed by atoms with Gasteiger partial charge in [0.1, 0.15) is 5.82 Å². The van der Waals surface area contributed by atoms with Crippen molar-refractivity contribution in [1.82, 2.24) is 14.8 Å². The number of anilines is 1. The van der Waals surface area contributed by atoms with Crippen LogP contribution in [-0.4, -0.2) is 34.4 Å². The van der Waals surface area contributed by atoms with Crippen LogP contribution in [0, 0.1) is 6.92 Å². The standard InChI is InChI=1S/C19H19BrN4O3/c1-4-27-18-14(20)10-13(11-15(18)26-3)19(25)22-17-9-12(2)23-24(17)16-7-5-6-8-21-16/h5-11H,4H2,1-3H3,(H,22,25). The highest BCUT2D eigenvalue weighted by atomic mass is 79.9. The van der Waals surface area contributed by atoms with Gasteiger partial charge in [-0.15, -0.1) is 0 Å². The molecule has 3 rings (SSSR count). The van der Waals surface area contributed by atoms with Gasteiger partial charge in [0.2, 0.25) is 0 Å². The minimum absolute atomic E-state index is 0.297. The number of halogens is 1. The molecule has 0 aliphatic heterocycles. The Bertz CT molecular complexity index is 957. The lowest BCUT2D eigenvalue weighted by Crippen LogP contribution is -2.16. The Hall–Kier alpha value is -2.87. The van der Waals surface area contributed by atoms with Crippen molar-refractivity contribution in [3.63, 3.8) is 0 Å². The van der Waals surface area contributed by atoms with E-state index in [-0.39, 0.29) is 5.91 Å². The first-order valence-corrected chi connectivity index (χ1v) is 9.12. The van der Waals surface area contributed by atoms with Gasteiger partial charge in [0.05, 0.1) is 23.9 Å². The molecule has 0 radical (unpaired) electrons. The number of pyridine rings is 1. The molecule has 0 atom stereocenters. The van der Waals surface area contributed by atoms with E-state index in [9.17, 15) is 4.79 Å². The number of amides is 1. The summed E-state index contributed by atoms with van der Waals surface area (Å²) >= 11 is 3.44. The molecule has 140 valence electrons. The fourth-order valence-corrected chi connectivity index (χ4v) is 3.12. The van der Waals surface area contributed by atoms with E-state index in [4.69, 9.17) is 9.47 Å². The van der Waals surface area contributed by atoms with Crippen LogP contribution in [0.5, 0.6) is 11.5 Å². The van der Waals surface area contributed by atoms with Crippen LogP contribution >= 0.6 is 15.9 Å². The van der Waals surface area contributed by atoms with Crippen LogP contribution in [0.2, 0.25) is 0 Å². The molecule has 3 aromatic rings. The molecule has 1 N–H and O–H groups in total. The molecular formula is C19H19BrN4O3. The zero-order valence-corrected chi connectivity index (χ0v) is 16.8. The van der Waals surface area contributed by atoms with Gasteiger partial charge in [0.15, 0.2) is 17.3 Å². The number of rotatable bonds is 6. The van der Waals surface area contributed by atoms with E-state index in [1.54, 1.807) is 29.1 Å². The second-order valence-electron chi connectivity index (χ2n) is 5.65. The van der Waals surface area contributed by atoms with E-state index in [1.807, 2.05) is 32.0 Å². The number of benzene rings is 1. The summed E-state index contributed by atoms with van der Waals surface area (Å²) < 4.78 is 13.2. The van der Waals surface area contributed by atoms with E-state index >= 15 is 0 Å². The third-order valence-electron chi connectivity index (χ3n) is 3.72. The number of carbonyl (C=O) groups excluding carboxylic acids is 1. The van der Waals surface area contributed by atoms with E-state index in [0.717, 1.165) is 5.69 Å². The van der Waals surface area contributed by atoms with Crippen molar-refractivity contribution in [3.05, 3.63) is 58.3 Å². The average Bonchev–Trinajstić information content (AvgIpc) is 3.04. The molecule has 0 spiro atoms. The first-order chi connectivity index (χ1) is 13.0. The number of carbonyl (C=O) groups is 1. The largest absolute Gasteiger partial charge is 0.493 e. The highest BCUT2D eigenvalue weighted by Gasteiger charge is 2.17. The molecule has 0 saturated carbocycles. The van der Waals surface area contributed by atoms with Crippen molar-refractivity contribution in [3.8, 4) is 17.3 Å². The van der Waals surface area contributed by atoms with E-state index < -0.39 is 0 Å². The zero-order chi connectivity index (χ0) is 19.4. The maximum atomic E-state index is 12.8. The van der Waals surface area contributed by atoms with Gasteiger partial charge in [-0.05, 0) is 54.0 Å². The Morgan fingerprint density at radius 3 is 2.78 bits per heavy atom. The molecule has 0 unspecified atom stereocenters. The van der Waals surface area contributed by atoms with E-state index in [0.29, 0.717) is 39.8 Å². The number of methoxy groups -OCH3 is 1. The van der Waals surface area contributed by atoms with Gasteiger partial charge in [0, 0.05) is 17.8 Å². The first kappa shape index (κ1) is 18.9. The lowest BCUT2D eigenvalue weighted by atomic mass is 10.2. The van der Waals surface area contributed by atoms with Gasteiger partial charge >= 0.3 is 0 Å². The van der Waals surface area contributed by atoms with Crippen LogP contribution < -0.4 is 14.8 Å². The molecule has 0 saturated heterocycles. The topological polar surface area (TPSA) is 78.3 Å². The van der Waals surface area contributed by atoms with Gasteiger partial charge in [-0.25, -0.2) is 4.98 Å². The van der Waals surface area contributed by atoms with Crippen LogP contribution in [-0.2, 0) is 0 Å². The minimum Gasteiger partial charge on any atom is -0.493 e. The van der Waals surface area contributed by atoms with Crippen molar-refractivity contribution in [1.29, 1.82) is 0 Å². The number of hydrogen-bond donors (Lipinski definition) is 1. The highest BCUT2D eigenvalue weighted by Crippen LogP contribution is 2.36. The minimum atomic E-state index is -0.297. The summed E-state index contributed by atoms with van der Waals surface area (Å²) in [6.45, 7) is 4.22. The molecule has 0 aliphatic carbocycles. The molecule has 0 aliphatic rings. The highest BCUT2D eigenvalue weighted by molar-refractivity contribution is 9.10. The molecule has 27 heavy (non-hydrogen) atoms. The number of hydrogen-bond acceptors (Lipinski definition) is 5. The van der Waals surface area contributed by atoms with Crippen LogP contribution in [0.15, 0.2) is 47.1 Å². The summed E-state index contributed by atoms with van der Waals surface area (Å²) in [5.74, 6) is 1.89. The Kier molecular flexibility index (Phi) is 5.75. The van der Waals surface area contributed by atoms with Crippen LogP contribution in [0.25, 0.3) is 5.82 Å². The zero-order valence-electron chi connectivity index (χ0n) is 15.2. The molecule has 1 amide bonds. The predicted octanol–water partition coefficient (Wildman–Crippen LogP) is 4.00. The van der Waals surface area contributed by atoms with Crippen LogP contribution in [0.4, 0.5) is 5.82 Å². The quantitative estimate of drug-likeness (QED) is 0.639. The van der Waals surface area contributed by atoms with Crippen molar-refractivity contribution < 1.29 is 14.3 Å². The molecule has 0 fully saturated rings. The number of aromatic nitrogens is 3. The Balaban J connectivity index is 1.92. The third-order valence-corrected chi connectivity index (χ3v) is 4.31. The van der Waals surface area contributed by atoms with Gasteiger partial charge in [0.25, 0.3) is 5.91 Å². The summed E-state index contributed by atoms with van der Waals surface area (Å²) in [6.07, 6.45) is 1.67. The molecule has 7 nitrogen and oxygen atoms in total. The molecule has 1 aromatic carbocycles. The second kappa shape index (κ2) is 8.22. The second-order valence-corrected chi connectivity index (χ2v) is 6.50. The van der Waals surface area contributed by atoms with E-state index in [2.05, 4.69) is 31.3 Å². The van der Waals surface area contributed by atoms with Crippen LogP contribution in [0.3, 0.4) is 0 Å². The smallest absolute Gasteiger partial charge is 0.256 e. The summed E-state index contributed by atoms with van der Waals surface area (Å²) in [7, 11) is 1.53. The molecule has 2 heterocycles. The Labute approximate surface area is 165 Å². The van der Waals surface area contributed by atoms with Gasteiger partial charge in [-0.2, -0.15) is 9.78 Å². The molecule has 0 bridgehead atoms. The lowest BCUT2D eigenvalue weighted by molar-refractivity contribution is 0.102. The van der Waals surface area contributed by atoms with Crippen molar-refractivity contribution >= 4 is 27.7 Å². The van der Waals surface area contributed by atoms with Crippen molar-refractivity contribution in [2.75, 3.05) is 19.0 Å². The predicted molar refractivity (Wildman–Crippen MR) is 106 cm³/mol. The molecule has 2 aromatic heterocycles. The number of aryl methyl sites for hydroxylation is 1. The van der Waals surface area contributed by atoms with Crippen LogP contribution in [0.1, 0.15) is 23.0 Å². The fraction of sp³-hybridized carbons (Fsp3) is 0.211. The average molecular weight is 431 g/mol. The maximum absolute atomic E-state index is 12.8. The first-order valence-electron chi connectivity index (χ1n) is 8.33.